The summed E-state index contributed by atoms with van der Waals surface area (Å²) in [6.45, 7) is 51.8. The maximum absolute atomic E-state index is 16.2. The number of aromatic hydroxyl groups is 2. The molecule has 0 saturated heterocycles. The third-order valence-electron chi connectivity index (χ3n) is 19.2. The standard InChI is InChI=1S/C86H106F2N2O4/c1-52-39-60(88)49-68(67-41-58(86(22,23)51-80(5,6)7)47-74(77(67)92)90-71-44-55(83(14,15)16)29-34-63(71)64-35-30-56(45-72(64)90)84(17,18)19)78(52)94-38-26-24-25-37-93-75-36-31-59(87)48-65(75)66-40-57(85(20,21)50-79(2,3)4)46-73(76(66)91)89-69-42-53(81(8,9)10)27-32-61(69)62-33-28-54(43-70(62)89)82(11,12)13/h27-36,39-49,91-92H,24-26,37-38,50-51H2,1-23H3. The summed E-state index contributed by atoms with van der Waals surface area (Å²) < 4.78 is 50.0. The fourth-order valence-electron chi connectivity index (χ4n) is 14.7. The van der Waals surface area contributed by atoms with Crippen LogP contribution < -0.4 is 9.47 Å². The van der Waals surface area contributed by atoms with E-state index < -0.39 is 11.6 Å². The van der Waals surface area contributed by atoms with Gasteiger partial charge >= 0.3 is 0 Å². The topological polar surface area (TPSA) is 68.8 Å². The maximum atomic E-state index is 16.2. The molecule has 8 aromatic carbocycles. The molecule has 2 aromatic heterocycles. The molecule has 10 rings (SSSR count). The van der Waals surface area contributed by atoms with E-state index in [-0.39, 0.29) is 54.8 Å². The Balaban J connectivity index is 0.988. The third-order valence-corrected chi connectivity index (χ3v) is 19.2. The number of ether oxygens (including phenoxy) is 2. The molecule has 0 aliphatic carbocycles. The summed E-state index contributed by atoms with van der Waals surface area (Å²) in [4.78, 5) is 0. The zero-order valence-electron chi connectivity index (χ0n) is 60.9. The molecule has 498 valence electrons. The summed E-state index contributed by atoms with van der Waals surface area (Å²) >= 11 is 0. The molecular weight excluding hydrogens is 1160 g/mol. The smallest absolute Gasteiger partial charge is 0.147 e. The number of aromatic nitrogens is 2. The first-order valence-electron chi connectivity index (χ1n) is 34.2. The fraction of sp³-hybridized carbons (Fsp3) is 0.442. The van der Waals surface area contributed by atoms with Crippen LogP contribution >= 0.6 is 0 Å². The van der Waals surface area contributed by atoms with Gasteiger partial charge in [0.25, 0.3) is 0 Å². The van der Waals surface area contributed by atoms with E-state index in [0.717, 1.165) is 74.0 Å². The Kier molecular flexibility index (Phi) is 18.1. The molecule has 0 atom stereocenters. The Morgan fingerprint density at radius 3 is 1.06 bits per heavy atom. The van der Waals surface area contributed by atoms with Crippen LogP contribution in [0.2, 0.25) is 0 Å². The molecule has 10 aromatic rings. The van der Waals surface area contributed by atoms with Crippen molar-refractivity contribution in [3.8, 4) is 56.6 Å². The number of nitrogens with zero attached hydrogens (tertiary/aromatic N) is 2. The number of benzene rings is 8. The average Bonchev–Trinajstić information content (AvgIpc) is 1.54. The van der Waals surface area contributed by atoms with Gasteiger partial charge in [0.05, 0.1) is 46.7 Å². The van der Waals surface area contributed by atoms with Crippen molar-refractivity contribution >= 4 is 43.6 Å². The van der Waals surface area contributed by atoms with Crippen LogP contribution in [0.3, 0.4) is 0 Å². The van der Waals surface area contributed by atoms with Crippen molar-refractivity contribution in [1.29, 1.82) is 0 Å². The van der Waals surface area contributed by atoms with Gasteiger partial charge in [0, 0.05) is 43.8 Å². The Morgan fingerprint density at radius 1 is 0.351 bits per heavy atom. The molecule has 0 unspecified atom stereocenters. The molecule has 0 aliphatic heterocycles. The van der Waals surface area contributed by atoms with E-state index in [1.54, 1.807) is 6.07 Å². The number of aryl methyl sites for hydroxylation is 1. The Hall–Kier alpha value is -7.58. The van der Waals surface area contributed by atoms with Gasteiger partial charge in [0.15, 0.2) is 0 Å². The lowest BCUT2D eigenvalue weighted by Crippen LogP contribution is -2.25. The number of fused-ring (bicyclic) bond motifs is 6. The van der Waals surface area contributed by atoms with Crippen LogP contribution in [0.25, 0.3) is 77.2 Å². The van der Waals surface area contributed by atoms with E-state index in [2.05, 4.69) is 252 Å². The summed E-state index contributed by atoms with van der Waals surface area (Å²) in [5.41, 5.74) is 13.2. The molecule has 8 heteroatoms. The minimum Gasteiger partial charge on any atom is -0.505 e. The van der Waals surface area contributed by atoms with Crippen LogP contribution in [0.4, 0.5) is 8.78 Å². The van der Waals surface area contributed by atoms with Gasteiger partial charge < -0.3 is 28.8 Å². The van der Waals surface area contributed by atoms with Gasteiger partial charge in [-0.3, -0.25) is 0 Å². The van der Waals surface area contributed by atoms with Crippen LogP contribution in [0, 0.1) is 29.4 Å². The predicted octanol–water partition coefficient (Wildman–Crippen LogP) is 24.5. The van der Waals surface area contributed by atoms with E-state index in [4.69, 9.17) is 9.47 Å². The minimum absolute atomic E-state index is 0.0259. The van der Waals surface area contributed by atoms with E-state index in [1.165, 1.54) is 46.5 Å². The lowest BCUT2D eigenvalue weighted by atomic mass is 9.71. The van der Waals surface area contributed by atoms with E-state index >= 15 is 8.78 Å². The van der Waals surface area contributed by atoms with Crippen LogP contribution in [-0.4, -0.2) is 32.6 Å². The van der Waals surface area contributed by atoms with Gasteiger partial charge in [0.2, 0.25) is 0 Å². The number of phenolic OH excluding ortho intramolecular Hbond substituents is 2. The van der Waals surface area contributed by atoms with Gasteiger partial charge in [-0.15, -0.1) is 0 Å². The molecule has 0 aliphatic rings. The number of hydrogen-bond donors (Lipinski definition) is 2. The van der Waals surface area contributed by atoms with Crippen molar-refractivity contribution in [2.24, 2.45) is 10.8 Å². The van der Waals surface area contributed by atoms with E-state index in [0.29, 0.717) is 76.7 Å². The summed E-state index contributed by atoms with van der Waals surface area (Å²) in [6.07, 6.45) is 3.74. The van der Waals surface area contributed by atoms with Gasteiger partial charge in [0.1, 0.15) is 34.6 Å². The SMILES string of the molecule is Cc1cc(F)cc(-c2cc(C(C)(C)CC(C)(C)C)cc(-n3c4cc(C(C)(C)C)ccc4c4ccc(C(C)(C)C)cc43)c2O)c1OCCCCCOc1ccc(F)cc1-c1cc(C(C)(C)CC(C)(C)C)cc(-n2c3cc(C(C)(C)C)ccc3c3ccc(C(C)(C)C)cc32)c1O. The summed E-state index contributed by atoms with van der Waals surface area (Å²) in [5, 5.41) is 30.6. The molecule has 0 radical (unpaired) electrons. The largest absolute Gasteiger partial charge is 0.505 e. The van der Waals surface area contributed by atoms with Gasteiger partial charge in [-0.2, -0.15) is 0 Å². The minimum atomic E-state index is -0.433. The second-order valence-electron chi connectivity index (χ2n) is 35.1. The average molecular weight is 1270 g/mol. The van der Waals surface area contributed by atoms with Crippen molar-refractivity contribution in [2.45, 2.75) is 224 Å². The molecule has 94 heavy (non-hydrogen) atoms. The number of hydrogen-bond acceptors (Lipinski definition) is 4. The zero-order valence-corrected chi connectivity index (χ0v) is 60.9. The highest BCUT2D eigenvalue weighted by Crippen LogP contribution is 2.51. The first-order chi connectivity index (χ1) is 43.4. The highest BCUT2D eigenvalue weighted by atomic mass is 19.1. The first-order valence-corrected chi connectivity index (χ1v) is 34.2. The maximum Gasteiger partial charge on any atom is 0.147 e. The lowest BCUT2D eigenvalue weighted by molar-refractivity contribution is 0.279. The van der Waals surface area contributed by atoms with Gasteiger partial charge in [-0.25, -0.2) is 8.78 Å². The molecule has 0 bridgehead atoms. The van der Waals surface area contributed by atoms with Crippen molar-refractivity contribution in [3.63, 3.8) is 0 Å². The van der Waals surface area contributed by atoms with Crippen LogP contribution in [-0.2, 0) is 32.5 Å². The fourth-order valence-corrected chi connectivity index (χ4v) is 14.7. The van der Waals surface area contributed by atoms with Crippen LogP contribution in [0.5, 0.6) is 23.0 Å². The summed E-state index contributed by atoms with van der Waals surface area (Å²) in [5.74, 6) is 0.230. The molecule has 0 saturated carbocycles. The number of unbranched alkanes of at least 4 members (excludes halogenated alkanes) is 2. The van der Waals surface area contributed by atoms with Gasteiger partial charge in [-0.1, -0.05) is 201 Å². The van der Waals surface area contributed by atoms with Crippen molar-refractivity contribution in [3.05, 3.63) is 178 Å². The molecule has 2 N–H and O–H groups in total. The Morgan fingerprint density at radius 2 is 0.702 bits per heavy atom. The van der Waals surface area contributed by atoms with E-state index in [1.807, 2.05) is 13.0 Å². The van der Waals surface area contributed by atoms with Crippen LogP contribution in [0.1, 0.15) is 223 Å². The highest BCUT2D eigenvalue weighted by molar-refractivity contribution is 6.11. The Labute approximate surface area is 560 Å². The van der Waals surface area contributed by atoms with Crippen molar-refractivity contribution in [2.75, 3.05) is 13.2 Å². The third kappa shape index (κ3) is 14.2. The number of halogens is 2. The quantitative estimate of drug-likeness (QED) is 0.0946. The summed E-state index contributed by atoms with van der Waals surface area (Å²) in [6, 6.07) is 42.9. The zero-order chi connectivity index (χ0) is 69.0. The molecule has 0 fully saturated rings. The monoisotopic (exact) mass is 1270 g/mol. The van der Waals surface area contributed by atoms with E-state index in [9.17, 15) is 10.2 Å². The molecule has 6 nitrogen and oxygen atoms in total. The molecule has 0 amide bonds. The second kappa shape index (κ2) is 24.6. The van der Waals surface area contributed by atoms with Crippen LogP contribution in [0.15, 0.2) is 127 Å². The highest BCUT2D eigenvalue weighted by Gasteiger charge is 2.34. The number of rotatable bonds is 16. The normalized spacial score (nSPS) is 13.3. The Bertz CT molecular complexity index is 4380. The molecular formula is C86H106F2N2O4. The van der Waals surface area contributed by atoms with Crippen molar-refractivity contribution in [1.82, 2.24) is 9.13 Å². The first kappa shape index (κ1) is 69.3. The summed E-state index contributed by atoms with van der Waals surface area (Å²) in [7, 11) is 0. The molecule has 0 spiro atoms. The predicted molar refractivity (Wildman–Crippen MR) is 394 cm³/mol. The van der Waals surface area contributed by atoms with Crippen molar-refractivity contribution < 1.29 is 28.5 Å². The van der Waals surface area contributed by atoms with Gasteiger partial charge in [-0.05, 0) is 200 Å². The second-order valence-corrected chi connectivity index (χ2v) is 35.1. The number of phenols is 2. The lowest BCUT2D eigenvalue weighted by Gasteiger charge is -2.34. The molecule has 2 heterocycles.